The van der Waals surface area contributed by atoms with E-state index in [0.29, 0.717) is 23.1 Å². The van der Waals surface area contributed by atoms with Crippen molar-refractivity contribution in [1.29, 1.82) is 0 Å². The Kier molecular flexibility index (Phi) is 3.97. The predicted octanol–water partition coefficient (Wildman–Crippen LogP) is 2.10. The number of benzene rings is 2. The number of ether oxygens (including phenoxy) is 2. The van der Waals surface area contributed by atoms with Gasteiger partial charge in [-0.1, -0.05) is 12.1 Å². The van der Waals surface area contributed by atoms with Gasteiger partial charge in [-0.05, 0) is 23.6 Å². The molecule has 0 fully saturated rings. The van der Waals surface area contributed by atoms with Crippen LogP contribution < -0.4 is 10.5 Å². The Balaban J connectivity index is 2.60. The lowest BCUT2D eigenvalue weighted by Gasteiger charge is -2.11. The van der Waals surface area contributed by atoms with Crippen molar-refractivity contribution in [2.45, 2.75) is 0 Å². The average molecular weight is 263 g/mol. The molecule has 0 radical (unpaired) electrons. The second kappa shape index (κ2) is 5.67. The van der Waals surface area contributed by atoms with Gasteiger partial charge in [-0.2, -0.15) is 0 Å². The molecule has 0 spiro atoms. The van der Waals surface area contributed by atoms with Crippen LogP contribution in [0.4, 0.5) is 4.39 Å². The van der Waals surface area contributed by atoms with E-state index < -0.39 is 11.8 Å². The van der Waals surface area contributed by atoms with Gasteiger partial charge in [-0.25, -0.2) is 9.18 Å². The second-order valence-electron chi connectivity index (χ2n) is 3.94. The topological polar surface area (TPSA) is 61.5 Å². The van der Waals surface area contributed by atoms with Crippen LogP contribution in [-0.2, 0) is 4.74 Å². The maximum Gasteiger partial charge on any atom is 0.341 e. The Morgan fingerprint density at radius 1 is 1.37 bits per heavy atom. The molecule has 0 aromatic heterocycles. The molecule has 2 rings (SSSR count). The summed E-state index contributed by atoms with van der Waals surface area (Å²) in [5.41, 5.74) is 5.56. The zero-order valence-corrected chi connectivity index (χ0v) is 10.5. The number of hydrogen-bond donors (Lipinski definition) is 1. The van der Waals surface area contributed by atoms with Gasteiger partial charge in [0.2, 0.25) is 0 Å². The van der Waals surface area contributed by atoms with Crippen LogP contribution in [0.5, 0.6) is 5.75 Å². The molecule has 5 heteroatoms. The summed E-state index contributed by atoms with van der Waals surface area (Å²) in [6.07, 6.45) is 0. The van der Waals surface area contributed by atoms with E-state index in [9.17, 15) is 9.18 Å². The first-order chi connectivity index (χ1) is 9.17. The smallest absolute Gasteiger partial charge is 0.341 e. The minimum Gasteiger partial charge on any atom is -0.491 e. The van der Waals surface area contributed by atoms with Crippen LogP contribution in [0.3, 0.4) is 0 Å². The molecule has 19 heavy (non-hydrogen) atoms. The van der Waals surface area contributed by atoms with Gasteiger partial charge in [0.05, 0.1) is 7.11 Å². The minimum absolute atomic E-state index is 0.188. The Labute approximate surface area is 109 Å². The zero-order valence-electron chi connectivity index (χ0n) is 10.5. The maximum atomic E-state index is 13.7. The zero-order chi connectivity index (χ0) is 13.8. The molecule has 0 saturated carbocycles. The normalized spacial score (nSPS) is 10.5. The number of methoxy groups -OCH3 is 1. The third-order valence-electron chi connectivity index (χ3n) is 2.71. The Morgan fingerprint density at radius 2 is 2.16 bits per heavy atom. The molecule has 4 nitrogen and oxygen atoms in total. The van der Waals surface area contributed by atoms with Crippen LogP contribution in [0.2, 0.25) is 0 Å². The number of fused-ring (bicyclic) bond motifs is 1. The van der Waals surface area contributed by atoms with E-state index in [1.54, 1.807) is 18.2 Å². The van der Waals surface area contributed by atoms with E-state index in [-0.39, 0.29) is 12.2 Å². The summed E-state index contributed by atoms with van der Waals surface area (Å²) in [4.78, 5) is 11.7. The summed E-state index contributed by atoms with van der Waals surface area (Å²) in [5.74, 6) is -0.624. The Bertz CT molecular complexity index is 613. The fraction of sp³-hybridized carbons (Fsp3) is 0.214. The van der Waals surface area contributed by atoms with Gasteiger partial charge >= 0.3 is 5.97 Å². The Hall–Kier alpha value is -2.14. The van der Waals surface area contributed by atoms with E-state index in [4.69, 9.17) is 10.5 Å². The maximum absolute atomic E-state index is 13.7. The van der Waals surface area contributed by atoms with Crippen LogP contribution in [-0.4, -0.2) is 26.2 Å². The van der Waals surface area contributed by atoms with Crippen LogP contribution in [0.1, 0.15) is 10.4 Å². The molecule has 0 bridgehead atoms. The molecule has 2 aromatic carbocycles. The molecule has 0 unspecified atom stereocenters. The summed E-state index contributed by atoms with van der Waals surface area (Å²) in [6.45, 7) is 0.590. The third-order valence-corrected chi connectivity index (χ3v) is 2.71. The molecule has 0 atom stereocenters. The van der Waals surface area contributed by atoms with E-state index in [0.717, 1.165) is 0 Å². The number of esters is 1. The van der Waals surface area contributed by atoms with Gasteiger partial charge in [0.1, 0.15) is 23.7 Å². The van der Waals surface area contributed by atoms with E-state index in [1.807, 2.05) is 0 Å². The summed E-state index contributed by atoms with van der Waals surface area (Å²) in [5, 5.41) is 1.00. The molecule has 100 valence electrons. The highest BCUT2D eigenvalue weighted by atomic mass is 19.1. The summed E-state index contributed by atoms with van der Waals surface area (Å²) < 4.78 is 23.8. The SMILES string of the molecule is COC(=O)c1cc2c(F)cccc2cc1OCCN. The minimum atomic E-state index is -0.572. The molecule has 0 amide bonds. The van der Waals surface area contributed by atoms with Crippen molar-refractivity contribution in [2.24, 2.45) is 5.73 Å². The van der Waals surface area contributed by atoms with Crippen LogP contribution in [0, 0.1) is 5.82 Å². The van der Waals surface area contributed by atoms with Crippen molar-refractivity contribution in [3.05, 3.63) is 41.7 Å². The lowest BCUT2D eigenvalue weighted by atomic mass is 10.1. The second-order valence-corrected chi connectivity index (χ2v) is 3.94. The van der Waals surface area contributed by atoms with Crippen LogP contribution in [0.15, 0.2) is 30.3 Å². The van der Waals surface area contributed by atoms with E-state index >= 15 is 0 Å². The molecule has 0 aliphatic rings. The fourth-order valence-corrected chi connectivity index (χ4v) is 1.82. The Morgan fingerprint density at radius 3 is 2.84 bits per heavy atom. The highest BCUT2D eigenvalue weighted by molar-refractivity contribution is 5.98. The standard InChI is InChI=1S/C14H14FNO3/c1-18-14(17)11-8-10-9(3-2-4-12(10)15)7-13(11)19-6-5-16/h2-4,7-8H,5-6,16H2,1H3. The first kappa shape index (κ1) is 13.3. The number of hydrogen-bond acceptors (Lipinski definition) is 4. The monoisotopic (exact) mass is 263 g/mol. The van der Waals surface area contributed by atoms with Gasteiger partial charge < -0.3 is 15.2 Å². The summed E-state index contributed by atoms with van der Waals surface area (Å²) in [6, 6.07) is 7.73. The van der Waals surface area contributed by atoms with E-state index in [1.165, 1.54) is 19.2 Å². The predicted molar refractivity (Wildman–Crippen MR) is 69.8 cm³/mol. The van der Waals surface area contributed by atoms with Crippen molar-refractivity contribution in [3.63, 3.8) is 0 Å². The van der Waals surface area contributed by atoms with Crippen molar-refractivity contribution in [3.8, 4) is 5.75 Å². The quantitative estimate of drug-likeness (QED) is 0.858. The van der Waals surface area contributed by atoms with Gasteiger partial charge in [0.15, 0.2) is 0 Å². The first-order valence-electron chi connectivity index (χ1n) is 5.81. The summed E-state index contributed by atoms with van der Waals surface area (Å²) in [7, 11) is 1.26. The van der Waals surface area contributed by atoms with Gasteiger partial charge in [-0.3, -0.25) is 0 Å². The fourth-order valence-electron chi connectivity index (χ4n) is 1.82. The van der Waals surface area contributed by atoms with Crippen LogP contribution in [0.25, 0.3) is 10.8 Å². The molecule has 2 N–H and O–H groups in total. The van der Waals surface area contributed by atoms with Crippen molar-refractivity contribution >= 4 is 16.7 Å². The number of nitrogens with two attached hydrogens (primary N) is 1. The summed E-state index contributed by atoms with van der Waals surface area (Å²) >= 11 is 0. The highest BCUT2D eigenvalue weighted by Gasteiger charge is 2.15. The molecular formula is C14H14FNO3. The number of carbonyl (C=O) groups excluding carboxylic acids is 1. The van der Waals surface area contributed by atoms with Gasteiger partial charge in [0.25, 0.3) is 0 Å². The van der Waals surface area contributed by atoms with Crippen molar-refractivity contribution in [1.82, 2.24) is 0 Å². The van der Waals surface area contributed by atoms with Crippen molar-refractivity contribution < 1.29 is 18.7 Å². The number of halogens is 1. The molecular weight excluding hydrogens is 249 g/mol. The first-order valence-corrected chi connectivity index (χ1v) is 5.81. The molecule has 0 heterocycles. The van der Waals surface area contributed by atoms with Crippen LogP contribution >= 0.6 is 0 Å². The average Bonchev–Trinajstić information content (AvgIpc) is 2.43. The molecule has 0 aliphatic heterocycles. The molecule has 0 aliphatic carbocycles. The molecule has 2 aromatic rings. The lowest BCUT2D eigenvalue weighted by Crippen LogP contribution is -2.13. The lowest BCUT2D eigenvalue weighted by molar-refractivity contribution is 0.0596. The molecule has 0 saturated heterocycles. The van der Waals surface area contributed by atoms with E-state index in [2.05, 4.69) is 4.74 Å². The van der Waals surface area contributed by atoms with Gasteiger partial charge in [-0.15, -0.1) is 0 Å². The van der Waals surface area contributed by atoms with Gasteiger partial charge in [0, 0.05) is 11.9 Å². The largest absolute Gasteiger partial charge is 0.491 e. The number of rotatable bonds is 4. The highest BCUT2D eigenvalue weighted by Crippen LogP contribution is 2.28. The third kappa shape index (κ3) is 2.66. The number of carbonyl (C=O) groups is 1. The van der Waals surface area contributed by atoms with Crippen molar-refractivity contribution in [2.75, 3.05) is 20.3 Å².